The third-order valence-corrected chi connectivity index (χ3v) is 5.37. The molecule has 1 aliphatic rings. The van der Waals surface area contributed by atoms with Gasteiger partial charge in [-0.1, -0.05) is 12.1 Å². The van der Waals surface area contributed by atoms with E-state index < -0.39 is 10.0 Å². The van der Waals surface area contributed by atoms with Crippen molar-refractivity contribution in [1.29, 1.82) is 0 Å². The first kappa shape index (κ1) is 16.1. The Hall–Kier alpha value is -1.24. The summed E-state index contributed by atoms with van der Waals surface area (Å²) in [7, 11) is -1.47. The molecule has 1 aromatic rings. The number of ketones is 1. The molecule has 0 unspecified atom stereocenters. The van der Waals surface area contributed by atoms with E-state index in [0.717, 1.165) is 25.9 Å². The third-order valence-electron chi connectivity index (χ3n) is 3.95. The Labute approximate surface area is 126 Å². The van der Waals surface area contributed by atoms with Crippen molar-refractivity contribution in [1.82, 2.24) is 9.62 Å². The van der Waals surface area contributed by atoms with Crippen LogP contribution in [0.15, 0.2) is 29.2 Å². The molecule has 0 radical (unpaired) electrons. The second-order valence-corrected chi connectivity index (χ2v) is 7.45. The molecule has 1 fully saturated rings. The zero-order valence-electron chi connectivity index (χ0n) is 12.5. The minimum Gasteiger partial charge on any atom is -0.306 e. The van der Waals surface area contributed by atoms with Crippen LogP contribution in [-0.2, 0) is 10.0 Å². The lowest BCUT2D eigenvalue weighted by Gasteiger charge is -2.28. The number of sulfonamides is 1. The number of carbonyl (C=O) groups excluding carboxylic acids is 1. The van der Waals surface area contributed by atoms with Crippen molar-refractivity contribution < 1.29 is 13.2 Å². The van der Waals surface area contributed by atoms with E-state index >= 15 is 0 Å². The second-order valence-electron chi connectivity index (χ2n) is 5.68. The number of nitrogens with one attached hydrogen (secondary N) is 1. The van der Waals surface area contributed by atoms with Crippen molar-refractivity contribution in [2.75, 3.05) is 26.7 Å². The lowest BCUT2D eigenvalue weighted by atomic mass is 9.98. The lowest BCUT2D eigenvalue weighted by Crippen LogP contribution is -2.36. The van der Waals surface area contributed by atoms with Gasteiger partial charge in [0.2, 0.25) is 10.0 Å². The van der Waals surface area contributed by atoms with Gasteiger partial charge >= 0.3 is 0 Å². The van der Waals surface area contributed by atoms with Crippen molar-refractivity contribution in [3.63, 3.8) is 0 Å². The van der Waals surface area contributed by atoms with Crippen LogP contribution < -0.4 is 4.72 Å². The van der Waals surface area contributed by atoms with Crippen LogP contribution in [0, 0.1) is 5.92 Å². The van der Waals surface area contributed by atoms with Crippen LogP contribution in [0.1, 0.15) is 30.1 Å². The number of hydrogen-bond acceptors (Lipinski definition) is 4. The Bertz CT molecular complexity index is 605. The Morgan fingerprint density at radius 1 is 1.33 bits per heavy atom. The number of piperidine rings is 1. The van der Waals surface area contributed by atoms with E-state index in [9.17, 15) is 13.2 Å². The summed E-state index contributed by atoms with van der Waals surface area (Å²) in [6.45, 7) is 3.90. The zero-order valence-corrected chi connectivity index (χ0v) is 13.3. The summed E-state index contributed by atoms with van der Waals surface area (Å²) < 4.78 is 27.2. The molecule has 1 saturated heterocycles. The molecule has 0 atom stereocenters. The van der Waals surface area contributed by atoms with Gasteiger partial charge in [-0.3, -0.25) is 4.79 Å². The molecule has 21 heavy (non-hydrogen) atoms. The van der Waals surface area contributed by atoms with Crippen LogP contribution in [0.25, 0.3) is 0 Å². The van der Waals surface area contributed by atoms with Gasteiger partial charge in [0.05, 0.1) is 4.90 Å². The van der Waals surface area contributed by atoms with Gasteiger partial charge in [-0.25, -0.2) is 13.1 Å². The molecule has 0 saturated carbocycles. The minimum atomic E-state index is -3.55. The second kappa shape index (κ2) is 6.68. The van der Waals surface area contributed by atoms with E-state index in [4.69, 9.17) is 0 Å². The summed E-state index contributed by atoms with van der Waals surface area (Å²) in [6, 6.07) is 6.17. The Morgan fingerprint density at radius 2 is 2.00 bits per heavy atom. The van der Waals surface area contributed by atoms with E-state index in [1.54, 1.807) is 12.1 Å². The largest absolute Gasteiger partial charge is 0.306 e. The molecule has 0 bridgehead atoms. The van der Waals surface area contributed by atoms with Crippen LogP contribution in [0.4, 0.5) is 0 Å². The highest BCUT2D eigenvalue weighted by atomic mass is 32.2. The molecule has 0 amide bonds. The van der Waals surface area contributed by atoms with Crippen molar-refractivity contribution >= 4 is 15.8 Å². The first-order valence-corrected chi connectivity index (χ1v) is 8.66. The summed E-state index contributed by atoms with van der Waals surface area (Å²) in [5, 5.41) is 0. The third kappa shape index (κ3) is 4.36. The fraction of sp³-hybridized carbons (Fsp3) is 0.533. The minimum absolute atomic E-state index is 0.137. The average molecular weight is 310 g/mol. The molecular formula is C15H22N2O3S. The summed E-state index contributed by atoms with van der Waals surface area (Å²) in [6.07, 6.45) is 2.01. The molecule has 0 aromatic heterocycles. The number of rotatable bonds is 5. The van der Waals surface area contributed by atoms with E-state index in [1.165, 1.54) is 19.1 Å². The number of hydrogen-bond donors (Lipinski definition) is 1. The molecule has 1 aromatic carbocycles. The molecule has 5 nitrogen and oxygen atoms in total. The van der Waals surface area contributed by atoms with Crippen LogP contribution in [0.2, 0.25) is 0 Å². The normalized spacial score (nSPS) is 17.8. The van der Waals surface area contributed by atoms with Crippen molar-refractivity contribution in [3.8, 4) is 0 Å². The van der Waals surface area contributed by atoms with Gasteiger partial charge in [0.1, 0.15) is 0 Å². The number of carbonyl (C=O) groups is 1. The molecule has 0 spiro atoms. The lowest BCUT2D eigenvalue weighted by molar-refractivity contribution is 0.101. The topological polar surface area (TPSA) is 66.5 Å². The van der Waals surface area contributed by atoms with Crippen LogP contribution >= 0.6 is 0 Å². The van der Waals surface area contributed by atoms with Crippen LogP contribution in [-0.4, -0.2) is 45.8 Å². The monoisotopic (exact) mass is 310 g/mol. The van der Waals surface area contributed by atoms with Gasteiger partial charge in [-0.2, -0.15) is 0 Å². The van der Waals surface area contributed by atoms with Crippen molar-refractivity contribution in [2.45, 2.75) is 24.7 Å². The average Bonchev–Trinajstić information content (AvgIpc) is 2.47. The number of benzene rings is 1. The fourth-order valence-corrected chi connectivity index (χ4v) is 3.62. The number of nitrogens with zero attached hydrogens (tertiary/aromatic N) is 1. The molecule has 2 rings (SSSR count). The molecule has 1 aliphatic heterocycles. The summed E-state index contributed by atoms with van der Waals surface area (Å²) in [4.78, 5) is 13.7. The van der Waals surface area contributed by atoms with Crippen molar-refractivity contribution in [2.24, 2.45) is 5.92 Å². The molecule has 116 valence electrons. The maximum atomic E-state index is 12.3. The van der Waals surface area contributed by atoms with Gasteiger partial charge in [-0.05, 0) is 58.0 Å². The molecule has 1 heterocycles. The Kier molecular flexibility index (Phi) is 5.13. The molecular weight excluding hydrogens is 288 g/mol. The number of likely N-dealkylation sites (tertiary alicyclic amines) is 1. The van der Waals surface area contributed by atoms with Crippen LogP contribution in [0.3, 0.4) is 0 Å². The van der Waals surface area contributed by atoms with Crippen molar-refractivity contribution in [3.05, 3.63) is 29.8 Å². The molecule has 0 aliphatic carbocycles. The summed E-state index contributed by atoms with van der Waals surface area (Å²) in [5.41, 5.74) is 0.414. The van der Waals surface area contributed by atoms with Gasteiger partial charge < -0.3 is 4.90 Å². The first-order chi connectivity index (χ1) is 9.88. The van der Waals surface area contributed by atoms with E-state index in [2.05, 4.69) is 16.7 Å². The maximum Gasteiger partial charge on any atom is 0.240 e. The van der Waals surface area contributed by atoms with Gasteiger partial charge in [0.15, 0.2) is 5.78 Å². The maximum absolute atomic E-state index is 12.3. The quantitative estimate of drug-likeness (QED) is 0.837. The highest BCUT2D eigenvalue weighted by Crippen LogP contribution is 2.17. The fourth-order valence-electron chi connectivity index (χ4n) is 2.46. The molecule has 1 N–H and O–H groups in total. The summed E-state index contributed by atoms with van der Waals surface area (Å²) >= 11 is 0. The van der Waals surface area contributed by atoms with Gasteiger partial charge in [-0.15, -0.1) is 0 Å². The summed E-state index contributed by atoms with van der Waals surface area (Å²) in [5.74, 6) is 0.245. The SMILES string of the molecule is CC(=O)c1cccc(S(=O)(=O)NCC2CCN(C)CC2)c1. The standard InChI is InChI=1S/C15H22N2O3S/c1-12(18)14-4-3-5-15(10-14)21(19,20)16-11-13-6-8-17(2)9-7-13/h3-5,10,13,16H,6-9,11H2,1-2H3. The van der Waals surface area contributed by atoms with Gasteiger partial charge in [0.25, 0.3) is 0 Å². The number of Topliss-reactive ketones (excluding diaryl/α,β-unsaturated/α-hetero) is 1. The zero-order chi connectivity index (χ0) is 15.5. The smallest absolute Gasteiger partial charge is 0.240 e. The Balaban J connectivity index is 2.01. The van der Waals surface area contributed by atoms with E-state index in [0.29, 0.717) is 18.0 Å². The van der Waals surface area contributed by atoms with E-state index in [-0.39, 0.29) is 10.7 Å². The highest BCUT2D eigenvalue weighted by Gasteiger charge is 2.20. The molecule has 6 heteroatoms. The van der Waals surface area contributed by atoms with E-state index in [1.807, 2.05) is 0 Å². The van der Waals surface area contributed by atoms with Crippen LogP contribution in [0.5, 0.6) is 0 Å². The predicted octanol–water partition coefficient (Wildman–Crippen LogP) is 1.51. The Morgan fingerprint density at radius 3 is 2.62 bits per heavy atom. The first-order valence-electron chi connectivity index (χ1n) is 7.18. The predicted molar refractivity (Wildman–Crippen MR) is 81.9 cm³/mol. The van der Waals surface area contributed by atoms with Gasteiger partial charge in [0, 0.05) is 12.1 Å². The highest BCUT2D eigenvalue weighted by molar-refractivity contribution is 7.89.